The van der Waals surface area contributed by atoms with Crippen molar-refractivity contribution in [1.29, 1.82) is 0 Å². The van der Waals surface area contributed by atoms with Crippen LogP contribution in [0.2, 0.25) is 0 Å². The third kappa shape index (κ3) is 5.64. The van der Waals surface area contributed by atoms with Crippen LogP contribution in [-0.4, -0.2) is 56.1 Å². The molecule has 1 saturated heterocycles. The van der Waals surface area contributed by atoms with Gasteiger partial charge in [0.05, 0.1) is 25.9 Å². The van der Waals surface area contributed by atoms with Crippen LogP contribution < -0.4 is 0 Å². The molecule has 0 aliphatic carbocycles. The maximum atomic E-state index is 12.1. The summed E-state index contributed by atoms with van der Waals surface area (Å²) in [7, 11) is 3.35. The smallest absolute Gasteiger partial charge is 0.219 e. The number of amides is 1. The summed E-state index contributed by atoms with van der Waals surface area (Å²) in [5.74, 6) is -0.0586. The number of carbonyl (C=O) groups is 1. The largest absolute Gasteiger partial charge is 0.374 e. The van der Waals surface area contributed by atoms with Crippen LogP contribution in [0.3, 0.4) is 0 Å². The molecule has 2 aromatic carbocycles. The Balaban J connectivity index is 1.68. The van der Waals surface area contributed by atoms with Gasteiger partial charge < -0.3 is 23.8 Å². The summed E-state index contributed by atoms with van der Waals surface area (Å²) in [6.07, 6.45) is -1.34. The summed E-state index contributed by atoms with van der Waals surface area (Å²) < 4.78 is 23.7. The maximum absolute atomic E-state index is 12.1. The van der Waals surface area contributed by atoms with E-state index in [0.29, 0.717) is 19.8 Å². The fourth-order valence-corrected chi connectivity index (χ4v) is 3.52. The second-order valence-corrected chi connectivity index (χ2v) is 7.16. The second-order valence-electron chi connectivity index (χ2n) is 7.16. The van der Waals surface area contributed by atoms with Gasteiger partial charge in [-0.15, -0.1) is 0 Å². The van der Waals surface area contributed by atoms with Crippen LogP contribution >= 0.6 is 0 Å². The predicted octanol–water partition coefficient (Wildman–Crippen LogP) is 3.01. The van der Waals surface area contributed by atoms with Gasteiger partial charge in [0.15, 0.2) is 6.29 Å². The normalized spacial score (nSPS) is 23.8. The molecule has 3 rings (SSSR count). The summed E-state index contributed by atoms with van der Waals surface area (Å²) in [6, 6.07) is 19.6. The molecule has 0 N–H and O–H groups in total. The van der Waals surface area contributed by atoms with E-state index in [0.717, 1.165) is 11.1 Å². The van der Waals surface area contributed by atoms with E-state index in [1.54, 1.807) is 19.1 Å². The van der Waals surface area contributed by atoms with Crippen molar-refractivity contribution in [2.75, 3.05) is 20.8 Å². The van der Waals surface area contributed by atoms with Gasteiger partial charge in [-0.1, -0.05) is 60.7 Å². The van der Waals surface area contributed by atoms with Crippen molar-refractivity contribution in [3.05, 3.63) is 71.8 Å². The fourth-order valence-electron chi connectivity index (χ4n) is 3.52. The van der Waals surface area contributed by atoms with Crippen LogP contribution in [0.15, 0.2) is 60.7 Å². The number of ether oxygens (including phenoxy) is 4. The molecule has 0 spiro atoms. The zero-order valence-electron chi connectivity index (χ0n) is 17.2. The van der Waals surface area contributed by atoms with Crippen LogP contribution in [0.1, 0.15) is 18.1 Å². The van der Waals surface area contributed by atoms with E-state index in [9.17, 15) is 4.79 Å². The van der Waals surface area contributed by atoms with Crippen molar-refractivity contribution >= 4 is 5.91 Å². The number of rotatable bonds is 9. The minimum Gasteiger partial charge on any atom is -0.374 e. The molecule has 1 amide bonds. The van der Waals surface area contributed by atoms with Crippen molar-refractivity contribution in [3.8, 4) is 0 Å². The maximum Gasteiger partial charge on any atom is 0.219 e. The van der Waals surface area contributed by atoms with Gasteiger partial charge in [-0.2, -0.15) is 0 Å². The highest BCUT2D eigenvalue weighted by atomic mass is 16.7. The van der Waals surface area contributed by atoms with Gasteiger partial charge >= 0.3 is 0 Å². The lowest BCUT2D eigenvalue weighted by Crippen LogP contribution is -2.50. The van der Waals surface area contributed by atoms with E-state index in [-0.39, 0.29) is 18.1 Å². The Morgan fingerprint density at radius 1 is 1.00 bits per heavy atom. The standard InChI is InChI=1S/C23H29NO5/c1-17(25)24(2)21-20(16-27-14-18-10-6-4-7-11-18)29-23(26-3)22(21)28-15-19-12-8-5-9-13-19/h4-13,20-23H,14-16H2,1-3H3/t20-,21-,22-,23-/m1/s1. The molecular weight excluding hydrogens is 370 g/mol. The first-order valence-corrected chi connectivity index (χ1v) is 9.79. The molecule has 4 atom stereocenters. The van der Waals surface area contributed by atoms with E-state index in [4.69, 9.17) is 18.9 Å². The van der Waals surface area contributed by atoms with Crippen molar-refractivity contribution in [3.63, 3.8) is 0 Å². The predicted molar refractivity (Wildman–Crippen MR) is 109 cm³/mol. The zero-order chi connectivity index (χ0) is 20.6. The lowest BCUT2D eigenvalue weighted by Gasteiger charge is -2.31. The molecule has 0 saturated carbocycles. The Bertz CT molecular complexity index is 754. The molecule has 1 heterocycles. The highest BCUT2D eigenvalue weighted by molar-refractivity contribution is 5.73. The minimum atomic E-state index is -0.573. The number of carbonyl (C=O) groups excluding carboxylic acids is 1. The van der Waals surface area contributed by atoms with Gasteiger partial charge in [-0.05, 0) is 11.1 Å². The van der Waals surface area contributed by atoms with Crippen molar-refractivity contribution < 1.29 is 23.7 Å². The number of methoxy groups -OCH3 is 1. The van der Waals surface area contributed by atoms with Crippen LogP contribution in [0.25, 0.3) is 0 Å². The van der Waals surface area contributed by atoms with Crippen LogP contribution in [0.4, 0.5) is 0 Å². The molecule has 0 unspecified atom stereocenters. The van der Waals surface area contributed by atoms with Gasteiger partial charge in [-0.25, -0.2) is 0 Å². The quantitative estimate of drug-likeness (QED) is 0.649. The first-order chi connectivity index (χ1) is 14.1. The topological polar surface area (TPSA) is 57.2 Å². The molecule has 1 aliphatic rings. The number of hydrogen-bond acceptors (Lipinski definition) is 5. The van der Waals surface area contributed by atoms with Gasteiger partial charge in [0.25, 0.3) is 0 Å². The Morgan fingerprint density at radius 3 is 2.14 bits per heavy atom. The van der Waals surface area contributed by atoms with E-state index < -0.39 is 12.4 Å². The first kappa shape index (κ1) is 21.5. The lowest BCUT2D eigenvalue weighted by atomic mass is 10.1. The summed E-state index contributed by atoms with van der Waals surface area (Å²) in [6.45, 7) is 2.76. The van der Waals surface area contributed by atoms with Gasteiger partial charge in [0.1, 0.15) is 12.2 Å². The summed E-state index contributed by atoms with van der Waals surface area (Å²) in [5.41, 5.74) is 2.14. The van der Waals surface area contributed by atoms with Crippen LogP contribution in [-0.2, 0) is 37.0 Å². The summed E-state index contributed by atoms with van der Waals surface area (Å²) in [4.78, 5) is 13.8. The molecule has 0 radical (unpaired) electrons. The van der Waals surface area contributed by atoms with E-state index in [1.165, 1.54) is 6.92 Å². The Labute approximate surface area is 172 Å². The van der Waals surface area contributed by atoms with Crippen molar-refractivity contribution in [2.45, 2.75) is 44.7 Å². The number of nitrogens with zero attached hydrogens (tertiary/aromatic N) is 1. The Morgan fingerprint density at radius 2 is 1.59 bits per heavy atom. The van der Waals surface area contributed by atoms with E-state index >= 15 is 0 Å². The molecular formula is C23H29NO5. The zero-order valence-corrected chi connectivity index (χ0v) is 17.2. The Hall–Kier alpha value is -2.25. The first-order valence-electron chi connectivity index (χ1n) is 9.79. The summed E-state index contributed by atoms with van der Waals surface area (Å²) in [5, 5.41) is 0. The highest BCUT2D eigenvalue weighted by Crippen LogP contribution is 2.29. The van der Waals surface area contributed by atoms with E-state index in [1.807, 2.05) is 60.7 Å². The summed E-state index contributed by atoms with van der Waals surface area (Å²) >= 11 is 0. The Kier molecular flexibility index (Phi) is 7.77. The molecule has 1 aliphatic heterocycles. The van der Waals surface area contributed by atoms with Gasteiger partial charge in [-0.3, -0.25) is 4.79 Å². The molecule has 2 aromatic rings. The molecule has 29 heavy (non-hydrogen) atoms. The van der Waals surface area contributed by atoms with Crippen LogP contribution in [0, 0.1) is 0 Å². The van der Waals surface area contributed by atoms with E-state index in [2.05, 4.69) is 0 Å². The third-order valence-electron chi connectivity index (χ3n) is 5.15. The monoisotopic (exact) mass is 399 g/mol. The SMILES string of the molecule is CO[C@@H]1O[C@H](COCc2ccccc2)[C@@H](N(C)C(C)=O)[C@H]1OCc1ccccc1. The van der Waals surface area contributed by atoms with Crippen molar-refractivity contribution in [1.82, 2.24) is 4.90 Å². The van der Waals surface area contributed by atoms with Crippen molar-refractivity contribution in [2.24, 2.45) is 0 Å². The molecule has 0 bridgehead atoms. The van der Waals surface area contributed by atoms with Gasteiger partial charge in [0, 0.05) is 21.1 Å². The average molecular weight is 399 g/mol. The number of likely N-dealkylation sites (N-methyl/N-ethyl adjacent to an activating group) is 1. The molecule has 0 aromatic heterocycles. The number of benzene rings is 2. The number of hydrogen-bond donors (Lipinski definition) is 0. The molecule has 6 heteroatoms. The average Bonchev–Trinajstić information content (AvgIpc) is 3.10. The third-order valence-corrected chi connectivity index (χ3v) is 5.15. The molecule has 156 valence electrons. The molecule has 1 fully saturated rings. The minimum absolute atomic E-state index is 0.0586. The van der Waals surface area contributed by atoms with Crippen LogP contribution in [0.5, 0.6) is 0 Å². The fraction of sp³-hybridized carbons (Fsp3) is 0.435. The van der Waals surface area contributed by atoms with Gasteiger partial charge in [0.2, 0.25) is 5.91 Å². The second kappa shape index (κ2) is 10.5. The molecule has 6 nitrogen and oxygen atoms in total. The lowest BCUT2D eigenvalue weighted by molar-refractivity contribution is -0.170. The highest BCUT2D eigenvalue weighted by Gasteiger charge is 2.48.